The number of thiocarbonyl (C=S) groups is 1. The molecule has 2 heterocycles. The summed E-state index contributed by atoms with van der Waals surface area (Å²) >= 11 is 5.34. The summed E-state index contributed by atoms with van der Waals surface area (Å²) in [6, 6.07) is 13.1. The van der Waals surface area contributed by atoms with Gasteiger partial charge >= 0.3 is 0 Å². The number of rotatable bonds is 4. The maximum absolute atomic E-state index is 5.34. The van der Waals surface area contributed by atoms with Gasteiger partial charge in [0.25, 0.3) is 0 Å². The van der Waals surface area contributed by atoms with E-state index in [1.165, 1.54) is 37.8 Å². The second kappa shape index (κ2) is 6.75. The van der Waals surface area contributed by atoms with Crippen LogP contribution in [-0.2, 0) is 6.54 Å². The molecule has 1 aromatic carbocycles. The Morgan fingerprint density at radius 1 is 1.19 bits per heavy atom. The zero-order chi connectivity index (χ0) is 14.7. The van der Waals surface area contributed by atoms with E-state index in [2.05, 4.69) is 47.9 Å². The lowest BCUT2D eigenvalue weighted by Gasteiger charge is -2.36. The predicted octanol–water partition coefficient (Wildman–Crippen LogP) is 1.25. The average Bonchev–Trinajstić information content (AvgIpc) is 2.71. The lowest BCUT2D eigenvalue weighted by molar-refractivity contribution is -0.954. The molecule has 3 rings (SSSR count). The number of hydrogen-bond acceptors (Lipinski definition) is 1. The Labute approximate surface area is 133 Å². The molecule has 0 saturated carbocycles. The van der Waals surface area contributed by atoms with Gasteiger partial charge in [0, 0.05) is 43.8 Å². The molecule has 2 bridgehead atoms. The van der Waals surface area contributed by atoms with Crippen molar-refractivity contribution in [2.24, 2.45) is 0 Å². The summed E-state index contributed by atoms with van der Waals surface area (Å²) in [4.78, 5) is 1.80. The average molecular weight is 304 g/mol. The van der Waals surface area contributed by atoms with E-state index < -0.39 is 0 Å². The lowest BCUT2D eigenvalue weighted by Crippen LogP contribution is -3.17. The molecule has 2 aliphatic heterocycles. The Hall–Kier alpha value is -1.13. The Morgan fingerprint density at radius 2 is 1.86 bits per heavy atom. The minimum atomic E-state index is 0.563. The van der Waals surface area contributed by atoms with Crippen LogP contribution in [0.4, 0.5) is 0 Å². The Kier molecular flexibility index (Phi) is 4.76. The fourth-order valence-electron chi connectivity index (χ4n) is 4.06. The molecule has 4 heteroatoms. The normalized spacial score (nSPS) is 30.9. The van der Waals surface area contributed by atoms with E-state index in [0.29, 0.717) is 6.04 Å². The summed E-state index contributed by atoms with van der Waals surface area (Å²) in [5.74, 6) is 0. The summed E-state index contributed by atoms with van der Waals surface area (Å²) in [7, 11) is 0. The van der Waals surface area contributed by atoms with Crippen LogP contribution in [0.1, 0.15) is 38.2 Å². The molecule has 0 amide bonds. The topological polar surface area (TPSA) is 28.5 Å². The van der Waals surface area contributed by atoms with Crippen LogP contribution in [0.2, 0.25) is 0 Å². The molecule has 3 N–H and O–H groups in total. The van der Waals surface area contributed by atoms with Crippen LogP contribution in [-0.4, -0.2) is 29.8 Å². The molecule has 2 aliphatic rings. The van der Waals surface area contributed by atoms with Crippen molar-refractivity contribution in [1.29, 1.82) is 0 Å². The van der Waals surface area contributed by atoms with Gasteiger partial charge in [-0.25, -0.2) is 0 Å². The van der Waals surface area contributed by atoms with Gasteiger partial charge in [0.2, 0.25) is 0 Å². The maximum atomic E-state index is 5.34. The summed E-state index contributed by atoms with van der Waals surface area (Å²) in [5.41, 5.74) is 1.47. The highest BCUT2D eigenvalue weighted by molar-refractivity contribution is 7.80. The van der Waals surface area contributed by atoms with Gasteiger partial charge in [-0.05, 0) is 19.1 Å². The Morgan fingerprint density at radius 3 is 2.48 bits per heavy atom. The van der Waals surface area contributed by atoms with Crippen LogP contribution in [0.5, 0.6) is 0 Å². The molecule has 3 nitrogen and oxygen atoms in total. The van der Waals surface area contributed by atoms with Gasteiger partial charge in [-0.15, -0.1) is 0 Å². The van der Waals surface area contributed by atoms with Gasteiger partial charge in [-0.3, -0.25) is 0 Å². The summed E-state index contributed by atoms with van der Waals surface area (Å²) in [5, 5.41) is 7.55. The second-order valence-electron chi connectivity index (χ2n) is 6.38. The van der Waals surface area contributed by atoms with E-state index in [1.54, 1.807) is 4.90 Å². The van der Waals surface area contributed by atoms with Gasteiger partial charge in [0.05, 0.1) is 12.1 Å². The van der Waals surface area contributed by atoms with E-state index in [1.807, 2.05) is 0 Å². The summed E-state index contributed by atoms with van der Waals surface area (Å²) in [6.45, 7) is 4.17. The van der Waals surface area contributed by atoms with Gasteiger partial charge < -0.3 is 15.5 Å². The molecule has 4 atom stereocenters. The van der Waals surface area contributed by atoms with Crippen LogP contribution in [0, 0.1) is 0 Å². The molecule has 114 valence electrons. The van der Waals surface area contributed by atoms with E-state index >= 15 is 0 Å². The number of fused-ring (bicyclic) bond motifs is 2. The van der Waals surface area contributed by atoms with Crippen LogP contribution < -0.4 is 15.5 Å². The van der Waals surface area contributed by atoms with Crippen molar-refractivity contribution >= 4 is 17.3 Å². The quantitative estimate of drug-likeness (QED) is 0.731. The first-order chi connectivity index (χ1) is 10.3. The Bertz CT molecular complexity index is 462. The molecular weight excluding hydrogens is 278 g/mol. The minimum absolute atomic E-state index is 0.563. The fourth-order valence-corrected chi connectivity index (χ4v) is 4.37. The van der Waals surface area contributed by atoms with Gasteiger partial charge in [-0.1, -0.05) is 30.3 Å². The number of hydrogen-bond donors (Lipinski definition) is 3. The molecule has 0 aliphatic carbocycles. The molecule has 2 unspecified atom stereocenters. The number of piperidine rings is 1. The SMILES string of the molecule is CCNC(=S)NC1C[C@H]2CC[C@@H](C1)[NH+]2Cc1ccccc1. The third-order valence-corrected chi connectivity index (χ3v) is 5.24. The first-order valence-electron chi connectivity index (χ1n) is 8.20. The standard InChI is InChI=1S/C17H25N3S/c1-2-18-17(21)19-14-10-15-8-9-16(11-14)20(15)12-13-6-4-3-5-7-13/h3-7,14-16H,2,8-12H2,1H3,(H2,18,19,21)/p+1/t14?,15-,16+. The van der Waals surface area contributed by atoms with Crippen molar-refractivity contribution in [2.45, 2.75) is 57.3 Å². The third kappa shape index (κ3) is 3.55. The van der Waals surface area contributed by atoms with Crippen molar-refractivity contribution in [3.05, 3.63) is 35.9 Å². The highest BCUT2D eigenvalue weighted by atomic mass is 32.1. The van der Waals surface area contributed by atoms with E-state index in [-0.39, 0.29) is 0 Å². The fraction of sp³-hybridized carbons (Fsp3) is 0.588. The van der Waals surface area contributed by atoms with Crippen molar-refractivity contribution in [2.75, 3.05) is 6.54 Å². The largest absolute Gasteiger partial charge is 0.363 e. The van der Waals surface area contributed by atoms with Gasteiger partial charge in [0.15, 0.2) is 5.11 Å². The zero-order valence-corrected chi connectivity index (χ0v) is 13.6. The van der Waals surface area contributed by atoms with Gasteiger partial charge in [0.1, 0.15) is 6.54 Å². The van der Waals surface area contributed by atoms with E-state index in [0.717, 1.165) is 23.7 Å². The number of quaternary nitrogens is 1. The molecule has 21 heavy (non-hydrogen) atoms. The third-order valence-electron chi connectivity index (χ3n) is 4.97. The Balaban J connectivity index is 1.58. The predicted molar refractivity (Wildman–Crippen MR) is 90.4 cm³/mol. The maximum Gasteiger partial charge on any atom is 0.166 e. The highest BCUT2D eigenvalue weighted by Gasteiger charge is 2.44. The molecular formula is C17H26N3S+. The lowest BCUT2D eigenvalue weighted by atomic mass is 9.96. The van der Waals surface area contributed by atoms with E-state index in [9.17, 15) is 0 Å². The number of nitrogens with one attached hydrogen (secondary N) is 3. The summed E-state index contributed by atoms with van der Waals surface area (Å²) < 4.78 is 0. The molecule has 1 aromatic rings. The van der Waals surface area contributed by atoms with Crippen LogP contribution >= 0.6 is 12.2 Å². The van der Waals surface area contributed by atoms with Crippen LogP contribution in [0.3, 0.4) is 0 Å². The highest BCUT2D eigenvalue weighted by Crippen LogP contribution is 2.23. The zero-order valence-electron chi connectivity index (χ0n) is 12.8. The van der Waals surface area contributed by atoms with Gasteiger partial charge in [-0.2, -0.15) is 0 Å². The van der Waals surface area contributed by atoms with Crippen LogP contribution in [0.15, 0.2) is 30.3 Å². The smallest absolute Gasteiger partial charge is 0.166 e. The monoisotopic (exact) mass is 304 g/mol. The minimum Gasteiger partial charge on any atom is -0.363 e. The molecule has 2 saturated heterocycles. The summed E-state index contributed by atoms with van der Waals surface area (Å²) in [6.07, 6.45) is 5.26. The molecule has 0 spiro atoms. The van der Waals surface area contributed by atoms with Crippen molar-refractivity contribution in [3.63, 3.8) is 0 Å². The van der Waals surface area contributed by atoms with Crippen LogP contribution in [0.25, 0.3) is 0 Å². The first-order valence-corrected chi connectivity index (χ1v) is 8.61. The second-order valence-corrected chi connectivity index (χ2v) is 6.79. The van der Waals surface area contributed by atoms with Crippen molar-refractivity contribution in [1.82, 2.24) is 10.6 Å². The van der Waals surface area contributed by atoms with Crippen molar-refractivity contribution < 1.29 is 4.90 Å². The first kappa shape index (κ1) is 14.8. The molecule has 2 fully saturated rings. The van der Waals surface area contributed by atoms with E-state index in [4.69, 9.17) is 12.2 Å². The van der Waals surface area contributed by atoms with Crippen molar-refractivity contribution in [3.8, 4) is 0 Å². The molecule has 0 aromatic heterocycles. The number of benzene rings is 1. The molecule has 0 radical (unpaired) electrons.